The summed E-state index contributed by atoms with van der Waals surface area (Å²) in [4.78, 5) is 0. The quantitative estimate of drug-likeness (QED) is 0.606. The summed E-state index contributed by atoms with van der Waals surface area (Å²) in [7, 11) is 0. The molecule has 1 nitrogen and oxygen atoms in total. The fraction of sp³-hybridized carbons (Fsp3) is 0.800. The van der Waals surface area contributed by atoms with E-state index in [1.54, 1.807) is 0 Å². The van der Waals surface area contributed by atoms with E-state index in [1.165, 1.54) is 37.7 Å². The summed E-state index contributed by atoms with van der Waals surface area (Å²) in [5.41, 5.74) is 1.48. The Morgan fingerprint density at radius 3 is 3.00 bits per heavy atom. The van der Waals surface area contributed by atoms with Crippen molar-refractivity contribution in [2.24, 2.45) is 5.92 Å². The maximum absolute atomic E-state index is 8.94. The first-order chi connectivity index (χ1) is 5.34. The monoisotopic (exact) mass is 154 g/mol. The summed E-state index contributed by atoms with van der Waals surface area (Å²) in [6.07, 6.45) is 8.77. The van der Waals surface area contributed by atoms with Crippen molar-refractivity contribution in [3.63, 3.8) is 0 Å². The minimum Gasteiger partial charge on any atom is -0.396 e. The van der Waals surface area contributed by atoms with E-state index in [0.717, 1.165) is 0 Å². The maximum atomic E-state index is 8.94. The number of hydrogen-bond donors (Lipinski definition) is 1. The molecule has 1 atom stereocenters. The lowest BCUT2D eigenvalue weighted by molar-refractivity contribution is 0.253. The molecule has 0 fully saturated rings. The lowest BCUT2D eigenvalue weighted by Crippen LogP contribution is -2.03. The predicted molar refractivity (Wildman–Crippen MR) is 47.4 cm³/mol. The minimum absolute atomic E-state index is 0.311. The van der Waals surface area contributed by atoms with Crippen LogP contribution < -0.4 is 0 Å². The molecule has 0 aromatic heterocycles. The highest BCUT2D eigenvalue weighted by atomic mass is 16.3. The summed E-state index contributed by atoms with van der Waals surface area (Å²) in [6, 6.07) is 0. The van der Waals surface area contributed by atoms with Crippen LogP contribution in [0.5, 0.6) is 0 Å². The van der Waals surface area contributed by atoms with Gasteiger partial charge in [-0.05, 0) is 25.7 Å². The highest BCUT2D eigenvalue weighted by molar-refractivity contribution is 5.07. The summed E-state index contributed by atoms with van der Waals surface area (Å²) >= 11 is 0. The molecule has 1 aliphatic carbocycles. The molecule has 1 aliphatic rings. The maximum Gasteiger partial charge on any atom is 0.0493 e. The van der Waals surface area contributed by atoms with Crippen LogP contribution in [0.2, 0.25) is 0 Å². The number of hydrogen-bond acceptors (Lipinski definition) is 1. The zero-order valence-corrected chi connectivity index (χ0v) is 7.34. The first kappa shape index (κ1) is 8.79. The zero-order valence-electron chi connectivity index (χ0n) is 7.34. The lowest BCUT2D eigenvalue weighted by atomic mass is 9.98. The van der Waals surface area contributed by atoms with Gasteiger partial charge >= 0.3 is 0 Å². The van der Waals surface area contributed by atoms with Crippen LogP contribution in [0, 0.1) is 5.92 Å². The molecule has 1 unspecified atom stereocenters. The van der Waals surface area contributed by atoms with Crippen LogP contribution in [0.3, 0.4) is 0 Å². The van der Waals surface area contributed by atoms with Gasteiger partial charge in [-0.1, -0.05) is 25.0 Å². The van der Waals surface area contributed by atoms with Crippen molar-refractivity contribution in [1.29, 1.82) is 0 Å². The van der Waals surface area contributed by atoms with Gasteiger partial charge in [0, 0.05) is 12.5 Å². The fourth-order valence-corrected chi connectivity index (χ4v) is 1.60. The molecule has 0 spiro atoms. The Bertz CT molecular complexity index is 138. The molecule has 0 aromatic carbocycles. The van der Waals surface area contributed by atoms with Gasteiger partial charge in [0.05, 0.1) is 0 Å². The Balaban J connectivity index is 2.46. The van der Waals surface area contributed by atoms with Crippen molar-refractivity contribution in [3.8, 4) is 0 Å². The van der Waals surface area contributed by atoms with Gasteiger partial charge in [0.25, 0.3) is 0 Å². The third-order valence-electron chi connectivity index (χ3n) is 2.48. The lowest BCUT2D eigenvalue weighted by Gasteiger charge is -2.11. The van der Waals surface area contributed by atoms with Crippen molar-refractivity contribution in [3.05, 3.63) is 11.6 Å². The summed E-state index contributed by atoms with van der Waals surface area (Å²) in [5.74, 6) is 0.396. The molecule has 1 rings (SSSR count). The van der Waals surface area contributed by atoms with E-state index in [9.17, 15) is 0 Å². The second kappa shape index (κ2) is 4.55. The molecule has 0 amide bonds. The van der Waals surface area contributed by atoms with Crippen LogP contribution in [0.15, 0.2) is 11.6 Å². The van der Waals surface area contributed by atoms with Crippen LogP contribution in [0.1, 0.15) is 39.0 Å². The zero-order chi connectivity index (χ0) is 8.10. The van der Waals surface area contributed by atoms with Crippen LogP contribution in [0.25, 0.3) is 0 Å². The third kappa shape index (κ3) is 2.66. The molecular formula is C10H18O. The van der Waals surface area contributed by atoms with Crippen molar-refractivity contribution in [1.82, 2.24) is 0 Å². The summed E-state index contributed by atoms with van der Waals surface area (Å²) < 4.78 is 0. The fourth-order valence-electron chi connectivity index (χ4n) is 1.60. The molecule has 0 radical (unpaired) electrons. The Morgan fingerprint density at radius 2 is 2.27 bits per heavy atom. The van der Waals surface area contributed by atoms with Crippen LogP contribution in [-0.2, 0) is 0 Å². The molecule has 0 saturated carbocycles. The van der Waals surface area contributed by atoms with Crippen molar-refractivity contribution in [2.75, 3.05) is 6.61 Å². The molecule has 0 heterocycles. The number of allylic oxidation sites excluding steroid dienone is 1. The Labute approximate surface area is 69.1 Å². The molecule has 64 valence electrons. The standard InChI is InChI=1S/C10H18O/c1-9(8-11)10-6-4-2-3-5-7-10/h6,9,11H,2-5,7-8H2,1H3. The van der Waals surface area contributed by atoms with Crippen LogP contribution in [-0.4, -0.2) is 11.7 Å². The SMILES string of the molecule is CC(CO)C1=CCCCCC1. The van der Waals surface area contributed by atoms with E-state index in [2.05, 4.69) is 13.0 Å². The van der Waals surface area contributed by atoms with Gasteiger partial charge in [-0.2, -0.15) is 0 Å². The molecule has 1 heteroatoms. The molecule has 1 N–H and O–H groups in total. The molecule has 0 aromatic rings. The average Bonchev–Trinajstić information content (AvgIpc) is 2.30. The topological polar surface area (TPSA) is 20.2 Å². The van der Waals surface area contributed by atoms with Gasteiger partial charge in [-0.15, -0.1) is 0 Å². The Kier molecular flexibility index (Phi) is 3.64. The van der Waals surface area contributed by atoms with Gasteiger partial charge in [0.15, 0.2) is 0 Å². The van der Waals surface area contributed by atoms with E-state index in [-0.39, 0.29) is 0 Å². The smallest absolute Gasteiger partial charge is 0.0493 e. The molecule has 0 aliphatic heterocycles. The van der Waals surface area contributed by atoms with Gasteiger partial charge in [0.2, 0.25) is 0 Å². The number of aliphatic hydroxyl groups excluding tert-OH is 1. The van der Waals surface area contributed by atoms with E-state index in [1.807, 2.05) is 0 Å². The molecule has 0 saturated heterocycles. The molecular weight excluding hydrogens is 136 g/mol. The normalized spacial score (nSPS) is 22.2. The van der Waals surface area contributed by atoms with E-state index >= 15 is 0 Å². The second-order valence-corrected chi connectivity index (χ2v) is 3.46. The highest BCUT2D eigenvalue weighted by Gasteiger charge is 2.08. The van der Waals surface area contributed by atoms with E-state index < -0.39 is 0 Å². The molecule has 11 heavy (non-hydrogen) atoms. The van der Waals surface area contributed by atoms with E-state index in [4.69, 9.17) is 5.11 Å². The summed E-state index contributed by atoms with van der Waals surface area (Å²) in [6.45, 7) is 2.42. The largest absolute Gasteiger partial charge is 0.396 e. The Morgan fingerprint density at radius 1 is 1.45 bits per heavy atom. The molecule has 0 bridgehead atoms. The first-order valence-electron chi connectivity index (χ1n) is 4.64. The predicted octanol–water partition coefficient (Wildman–Crippen LogP) is 2.51. The van der Waals surface area contributed by atoms with Crippen LogP contribution >= 0.6 is 0 Å². The van der Waals surface area contributed by atoms with Crippen molar-refractivity contribution >= 4 is 0 Å². The van der Waals surface area contributed by atoms with Gasteiger partial charge in [-0.3, -0.25) is 0 Å². The summed E-state index contributed by atoms with van der Waals surface area (Å²) in [5, 5.41) is 8.94. The Hall–Kier alpha value is -0.300. The van der Waals surface area contributed by atoms with Gasteiger partial charge in [0.1, 0.15) is 0 Å². The van der Waals surface area contributed by atoms with Gasteiger partial charge in [-0.25, -0.2) is 0 Å². The third-order valence-corrected chi connectivity index (χ3v) is 2.48. The van der Waals surface area contributed by atoms with Crippen LogP contribution in [0.4, 0.5) is 0 Å². The van der Waals surface area contributed by atoms with Crippen molar-refractivity contribution < 1.29 is 5.11 Å². The van der Waals surface area contributed by atoms with E-state index in [0.29, 0.717) is 12.5 Å². The number of aliphatic hydroxyl groups is 1. The minimum atomic E-state index is 0.311. The highest BCUT2D eigenvalue weighted by Crippen LogP contribution is 2.22. The van der Waals surface area contributed by atoms with Gasteiger partial charge < -0.3 is 5.11 Å². The van der Waals surface area contributed by atoms with Crippen molar-refractivity contribution in [2.45, 2.75) is 39.0 Å². The second-order valence-electron chi connectivity index (χ2n) is 3.46. The first-order valence-corrected chi connectivity index (χ1v) is 4.64. The number of rotatable bonds is 2. The average molecular weight is 154 g/mol.